The molecule has 3 rings (SSSR count). The second-order valence-electron chi connectivity index (χ2n) is 7.20. The minimum Gasteiger partial charge on any atom is -0.483 e. The third kappa shape index (κ3) is 5.27. The number of nitrogens with zero attached hydrogens (tertiary/aromatic N) is 2. The Morgan fingerprint density at radius 1 is 1.03 bits per heavy atom. The van der Waals surface area contributed by atoms with Crippen LogP contribution in [0.1, 0.15) is 11.1 Å². The number of hydrogen-bond donors (Lipinski definition) is 1. The second-order valence-corrected chi connectivity index (χ2v) is 9.18. The maximum Gasteiger partial charge on any atom is 0.262 e. The summed E-state index contributed by atoms with van der Waals surface area (Å²) < 4.78 is 30.6. The summed E-state index contributed by atoms with van der Waals surface area (Å²) in [7, 11) is -3.18. The summed E-state index contributed by atoms with van der Waals surface area (Å²) in [6.45, 7) is 5.88. The van der Waals surface area contributed by atoms with Crippen molar-refractivity contribution in [3.05, 3.63) is 53.6 Å². The Kier molecular flexibility index (Phi) is 6.44. The fourth-order valence-corrected chi connectivity index (χ4v) is 4.15. The maximum absolute atomic E-state index is 12.5. The number of ether oxygens (including phenoxy) is 1. The molecule has 8 heteroatoms. The van der Waals surface area contributed by atoms with E-state index in [1.165, 1.54) is 10.6 Å². The first-order chi connectivity index (χ1) is 13.8. The van der Waals surface area contributed by atoms with Crippen molar-refractivity contribution < 1.29 is 17.9 Å². The molecule has 156 valence electrons. The van der Waals surface area contributed by atoms with E-state index >= 15 is 0 Å². The second kappa shape index (κ2) is 8.84. The Labute approximate surface area is 172 Å². The Balaban J connectivity index is 1.63. The van der Waals surface area contributed by atoms with Crippen molar-refractivity contribution >= 4 is 27.3 Å². The number of benzene rings is 2. The lowest BCUT2D eigenvalue weighted by atomic mass is 10.1. The van der Waals surface area contributed by atoms with E-state index in [0.717, 1.165) is 16.8 Å². The van der Waals surface area contributed by atoms with Gasteiger partial charge < -0.3 is 15.0 Å². The SMILES string of the molecule is Cc1cccc(OCC(=O)Nc2ccccc2N2CCN(S(C)(=O)=O)CC2)c1C. The lowest BCUT2D eigenvalue weighted by Crippen LogP contribution is -2.48. The molecule has 0 aliphatic carbocycles. The van der Waals surface area contributed by atoms with Crippen LogP contribution in [0.2, 0.25) is 0 Å². The predicted octanol–water partition coefficient (Wildman–Crippen LogP) is 2.40. The van der Waals surface area contributed by atoms with Gasteiger partial charge in [0.1, 0.15) is 5.75 Å². The molecule has 7 nitrogen and oxygen atoms in total. The number of hydrogen-bond acceptors (Lipinski definition) is 5. The van der Waals surface area contributed by atoms with Gasteiger partial charge in [-0.15, -0.1) is 0 Å². The minimum absolute atomic E-state index is 0.0829. The molecule has 1 saturated heterocycles. The van der Waals surface area contributed by atoms with E-state index in [4.69, 9.17) is 4.74 Å². The van der Waals surface area contributed by atoms with Crippen LogP contribution < -0.4 is 15.0 Å². The number of piperazine rings is 1. The number of carbonyl (C=O) groups excluding carboxylic acids is 1. The zero-order valence-corrected chi connectivity index (χ0v) is 17.8. The monoisotopic (exact) mass is 417 g/mol. The molecule has 0 saturated carbocycles. The van der Waals surface area contributed by atoms with E-state index in [2.05, 4.69) is 10.2 Å². The van der Waals surface area contributed by atoms with E-state index in [0.29, 0.717) is 37.6 Å². The molecule has 2 aromatic rings. The van der Waals surface area contributed by atoms with Crippen molar-refractivity contribution in [1.82, 2.24) is 4.31 Å². The first-order valence-electron chi connectivity index (χ1n) is 9.53. The molecule has 0 aromatic heterocycles. The van der Waals surface area contributed by atoms with Crippen molar-refractivity contribution in [2.75, 3.05) is 49.3 Å². The van der Waals surface area contributed by atoms with Crippen LogP contribution in [0, 0.1) is 13.8 Å². The molecule has 1 fully saturated rings. The number of nitrogens with one attached hydrogen (secondary N) is 1. The summed E-state index contributed by atoms with van der Waals surface area (Å²) >= 11 is 0. The van der Waals surface area contributed by atoms with Crippen LogP contribution in [0.4, 0.5) is 11.4 Å². The van der Waals surface area contributed by atoms with Gasteiger partial charge in [0, 0.05) is 26.2 Å². The molecule has 0 spiro atoms. The Morgan fingerprint density at radius 3 is 2.41 bits per heavy atom. The molecule has 0 unspecified atom stereocenters. The highest BCUT2D eigenvalue weighted by Gasteiger charge is 2.24. The van der Waals surface area contributed by atoms with Crippen molar-refractivity contribution in [3.63, 3.8) is 0 Å². The molecule has 1 aliphatic rings. The van der Waals surface area contributed by atoms with E-state index in [9.17, 15) is 13.2 Å². The minimum atomic E-state index is -3.18. The number of amides is 1. The molecule has 0 atom stereocenters. The largest absolute Gasteiger partial charge is 0.483 e. The summed E-state index contributed by atoms with van der Waals surface area (Å²) in [4.78, 5) is 14.5. The first kappa shape index (κ1) is 21.1. The van der Waals surface area contributed by atoms with Crippen molar-refractivity contribution in [2.45, 2.75) is 13.8 Å². The van der Waals surface area contributed by atoms with Crippen LogP contribution in [0.15, 0.2) is 42.5 Å². The normalized spacial score (nSPS) is 15.2. The third-order valence-electron chi connectivity index (χ3n) is 5.14. The summed E-state index contributed by atoms with van der Waals surface area (Å²) in [5.74, 6) is 0.457. The number of carbonyl (C=O) groups is 1. The molecule has 0 bridgehead atoms. The van der Waals surface area contributed by atoms with Crippen LogP contribution >= 0.6 is 0 Å². The molecule has 1 N–H and O–H groups in total. The molecule has 0 radical (unpaired) electrons. The number of para-hydroxylation sites is 2. The van der Waals surface area contributed by atoms with Gasteiger partial charge in [0.15, 0.2) is 6.61 Å². The smallest absolute Gasteiger partial charge is 0.262 e. The zero-order chi connectivity index (χ0) is 21.0. The number of rotatable bonds is 6. The first-order valence-corrected chi connectivity index (χ1v) is 11.4. The van der Waals surface area contributed by atoms with Crippen LogP contribution in [0.5, 0.6) is 5.75 Å². The van der Waals surface area contributed by atoms with Crippen molar-refractivity contribution in [2.24, 2.45) is 0 Å². The topological polar surface area (TPSA) is 79.0 Å². The average Bonchev–Trinajstić information content (AvgIpc) is 2.69. The Morgan fingerprint density at radius 2 is 1.72 bits per heavy atom. The van der Waals surface area contributed by atoms with Crippen LogP contribution in [-0.4, -0.2) is 57.7 Å². The average molecular weight is 418 g/mol. The summed E-state index contributed by atoms with van der Waals surface area (Å²) in [6, 6.07) is 13.3. The van der Waals surface area contributed by atoms with Crippen LogP contribution in [0.25, 0.3) is 0 Å². The van der Waals surface area contributed by atoms with Gasteiger partial charge in [-0.1, -0.05) is 24.3 Å². The van der Waals surface area contributed by atoms with E-state index in [1.807, 2.05) is 56.3 Å². The van der Waals surface area contributed by atoms with Crippen LogP contribution in [-0.2, 0) is 14.8 Å². The van der Waals surface area contributed by atoms with E-state index in [-0.39, 0.29) is 12.5 Å². The predicted molar refractivity (Wildman–Crippen MR) is 115 cm³/mol. The van der Waals surface area contributed by atoms with Gasteiger partial charge in [-0.2, -0.15) is 4.31 Å². The quantitative estimate of drug-likeness (QED) is 0.781. The lowest BCUT2D eigenvalue weighted by Gasteiger charge is -2.35. The van der Waals surface area contributed by atoms with Gasteiger partial charge in [-0.25, -0.2) is 8.42 Å². The maximum atomic E-state index is 12.5. The highest BCUT2D eigenvalue weighted by molar-refractivity contribution is 7.88. The van der Waals surface area contributed by atoms with E-state index in [1.54, 1.807) is 0 Å². The van der Waals surface area contributed by atoms with Gasteiger partial charge in [0.05, 0.1) is 17.6 Å². The van der Waals surface area contributed by atoms with E-state index < -0.39 is 10.0 Å². The van der Waals surface area contributed by atoms with Gasteiger partial charge in [-0.05, 0) is 43.2 Å². The standard InChI is InChI=1S/C21H27N3O4S/c1-16-7-6-10-20(17(16)2)28-15-21(25)22-18-8-4-5-9-19(18)23-11-13-24(14-12-23)29(3,26)27/h4-10H,11-15H2,1-3H3,(H,22,25). The van der Waals surface area contributed by atoms with Gasteiger partial charge in [0.25, 0.3) is 5.91 Å². The highest BCUT2D eigenvalue weighted by atomic mass is 32.2. The third-order valence-corrected chi connectivity index (χ3v) is 6.44. The molecule has 2 aromatic carbocycles. The number of sulfonamides is 1. The fraction of sp³-hybridized carbons (Fsp3) is 0.381. The molecular weight excluding hydrogens is 390 g/mol. The van der Waals surface area contributed by atoms with Crippen molar-refractivity contribution in [3.8, 4) is 5.75 Å². The van der Waals surface area contributed by atoms with Gasteiger partial charge in [0.2, 0.25) is 10.0 Å². The molecule has 29 heavy (non-hydrogen) atoms. The highest BCUT2D eigenvalue weighted by Crippen LogP contribution is 2.27. The van der Waals surface area contributed by atoms with Gasteiger partial charge >= 0.3 is 0 Å². The van der Waals surface area contributed by atoms with Crippen molar-refractivity contribution in [1.29, 1.82) is 0 Å². The summed E-state index contributed by atoms with van der Waals surface area (Å²) in [6.07, 6.45) is 1.23. The molecule has 1 amide bonds. The Bertz CT molecular complexity index is 983. The Hall–Kier alpha value is -2.58. The summed E-state index contributed by atoms with van der Waals surface area (Å²) in [5, 5.41) is 2.92. The number of aryl methyl sites for hydroxylation is 1. The lowest BCUT2D eigenvalue weighted by molar-refractivity contribution is -0.118. The molecule has 1 aliphatic heterocycles. The summed E-state index contributed by atoms with van der Waals surface area (Å²) in [5.41, 5.74) is 3.70. The fourth-order valence-electron chi connectivity index (χ4n) is 3.33. The number of anilines is 2. The molecular formula is C21H27N3O4S. The van der Waals surface area contributed by atoms with Crippen LogP contribution in [0.3, 0.4) is 0 Å². The molecule has 1 heterocycles. The van der Waals surface area contributed by atoms with Gasteiger partial charge in [-0.3, -0.25) is 4.79 Å². The zero-order valence-electron chi connectivity index (χ0n) is 17.0.